The molecule has 4 N–H and O–H groups in total. The minimum atomic E-state index is -0.147. The lowest BCUT2D eigenvalue weighted by atomic mass is 9.70. The molecule has 2 amide bonds. The number of hydrogen-bond donors (Lipinski definition) is 4. The molecule has 5 fully saturated rings. The number of nitrogens with one attached hydrogen (secondary N) is 4. The summed E-state index contributed by atoms with van der Waals surface area (Å²) in [5.41, 5.74) is -0.242. The van der Waals surface area contributed by atoms with Gasteiger partial charge in [-0.15, -0.1) is 35.0 Å². The van der Waals surface area contributed by atoms with Gasteiger partial charge >= 0.3 is 0 Å². The first kappa shape index (κ1) is 29.2. The zero-order chi connectivity index (χ0) is 27.0. The molecule has 0 bridgehead atoms. The summed E-state index contributed by atoms with van der Waals surface area (Å²) in [5, 5.41) is 13.9. The molecule has 1 aliphatic carbocycles. The van der Waals surface area contributed by atoms with Gasteiger partial charge in [0, 0.05) is 63.7 Å². The number of fused-ring (bicyclic) bond motifs is 1. The highest BCUT2D eigenvalue weighted by atomic mass is 35.5. The molecule has 216 valence electrons. The molecule has 12 atom stereocenters. The van der Waals surface area contributed by atoms with E-state index in [1.807, 2.05) is 4.90 Å². The van der Waals surface area contributed by atoms with Crippen LogP contribution in [0.5, 0.6) is 0 Å². The molecular weight excluding hydrogens is 549 g/mol. The van der Waals surface area contributed by atoms with Gasteiger partial charge in [0.15, 0.2) is 0 Å². The summed E-state index contributed by atoms with van der Waals surface area (Å²) in [7, 11) is 3.42. The van der Waals surface area contributed by atoms with E-state index in [1.54, 1.807) is 26.0 Å². The van der Waals surface area contributed by atoms with Crippen molar-refractivity contribution in [2.45, 2.75) is 84.9 Å². The molecule has 0 aromatic carbocycles. The molecule has 0 radical (unpaired) electrons. The fourth-order valence-corrected chi connectivity index (χ4v) is 9.30. The number of ether oxygens (including phenoxy) is 2. The number of nitrogens with zero attached hydrogens (tertiary/aromatic N) is 1. The lowest BCUT2D eigenvalue weighted by Gasteiger charge is -2.45. The first-order chi connectivity index (χ1) is 18.3. The topological polar surface area (TPSA) is 104 Å². The highest BCUT2D eigenvalue weighted by Crippen LogP contribution is 2.39. The second-order valence-corrected chi connectivity index (χ2v) is 14.2. The summed E-state index contributed by atoms with van der Waals surface area (Å²) >= 11 is 14.6. The molecule has 0 aromatic rings. The molecular formula is C26H43Cl2N5O4S. The Hall–Kier alpha value is -0.330. The number of carbonyl (C=O) groups is 2. The fourth-order valence-electron chi connectivity index (χ4n) is 7.26. The number of rotatable bonds is 6. The van der Waals surface area contributed by atoms with E-state index in [-0.39, 0.29) is 75.4 Å². The summed E-state index contributed by atoms with van der Waals surface area (Å²) < 4.78 is 11.3. The smallest absolute Gasteiger partial charge is 0.226 e. The number of alkyl halides is 2. The number of thioether (sulfide) groups is 1. The van der Waals surface area contributed by atoms with Crippen LogP contribution in [0.2, 0.25) is 0 Å². The van der Waals surface area contributed by atoms with E-state index in [9.17, 15) is 9.59 Å². The Kier molecular flexibility index (Phi) is 9.73. The summed E-state index contributed by atoms with van der Waals surface area (Å²) in [5.74, 6) is 0.575. The van der Waals surface area contributed by atoms with Crippen molar-refractivity contribution < 1.29 is 19.1 Å². The number of piperidine rings is 2. The fraction of sp³-hybridized carbons (Fsp3) is 0.923. The monoisotopic (exact) mass is 591 g/mol. The van der Waals surface area contributed by atoms with E-state index in [4.69, 9.17) is 32.7 Å². The number of carbonyl (C=O) groups excluding carboxylic acids is 2. The van der Waals surface area contributed by atoms with Crippen LogP contribution in [0.4, 0.5) is 0 Å². The Morgan fingerprint density at radius 3 is 2.50 bits per heavy atom. The zero-order valence-corrected chi connectivity index (χ0v) is 24.9. The normalized spacial score (nSPS) is 45.6. The summed E-state index contributed by atoms with van der Waals surface area (Å²) in [6, 6.07) is 0.530. The minimum absolute atomic E-state index is 0.0164. The summed E-state index contributed by atoms with van der Waals surface area (Å²) in [4.78, 5) is 28.8. The third kappa shape index (κ3) is 6.27. The second kappa shape index (κ2) is 12.7. The van der Waals surface area contributed by atoms with Crippen LogP contribution in [0.3, 0.4) is 0 Å². The van der Waals surface area contributed by atoms with E-state index in [0.717, 1.165) is 25.7 Å². The van der Waals surface area contributed by atoms with Crippen LogP contribution in [-0.2, 0) is 19.1 Å². The van der Waals surface area contributed by atoms with Crippen molar-refractivity contribution in [3.05, 3.63) is 0 Å². The van der Waals surface area contributed by atoms with Crippen molar-refractivity contribution in [2.24, 2.45) is 23.7 Å². The molecule has 4 heterocycles. The molecule has 4 aliphatic heterocycles. The molecule has 5 rings (SSSR count). The first-order valence-corrected chi connectivity index (χ1v) is 15.9. The Morgan fingerprint density at radius 2 is 1.76 bits per heavy atom. The van der Waals surface area contributed by atoms with Gasteiger partial charge in [-0.1, -0.05) is 0 Å². The van der Waals surface area contributed by atoms with Crippen molar-refractivity contribution >= 4 is 46.8 Å². The van der Waals surface area contributed by atoms with Crippen molar-refractivity contribution in [3.63, 3.8) is 0 Å². The SMILES string of the molecule is COC1CC(C(=O)N2CC3NC(NC(=O)C4CNC(C)CC4C4CC(Cl)NCC4OC)SC3C2)CCC1Cl. The van der Waals surface area contributed by atoms with Crippen LogP contribution < -0.4 is 21.3 Å². The van der Waals surface area contributed by atoms with E-state index >= 15 is 0 Å². The van der Waals surface area contributed by atoms with Crippen molar-refractivity contribution in [2.75, 3.05) is 40.4 Å². The maximum atomic E-state index is 13.6. The van der Waals surface area contributed by atoms with Gasteiger partial charge in [-0.25, -0.2) is 0 Å². The van der Waals surface area contributed by atoms with E-state index in [2.05, 4.69) is 28.2 Å². The Morgan fingerprint density at radius 1 is 0.974 bits per heavy atom. The molecule has 12 unspecified atom stereocenters. The number of likely N-dealkylation sites (tertiary alicyclic amines) is 1. The van der Waals surface area contributed by atoms with Crippen LogP contribution in [0.1, 0.15) is 39.0 Å². The van der Waals surface area contributed by atoms with E-state index in [0.29, 0.717) is 38.6 Å². The van der Waals surface area contributed by atoms with Crippen molar-refractivity contribution in [1.29, 1.82) is 0 Å². The maximum Gasteiger partial charge on any atom is 0.226 e. The number of amides is 2. The standard InChI is InChI=1S/C26H43Cl2N5O4S/c1-13-6-15(16-8-23(28)30-10-21(16)37-3)17(9-29-13)24(34)32-26-31-19-11-33(12-22(19)38-26)25(35)14-4-5-18(27)20(7-14)36-2/h13-23,26,29-31H,4-12H2,1-3H3,(H,32,34). The molecule has 38 heavy (non-hydrogen) atoms. The third-order valence-electron chi connectivity index (χ3n) is 9.41. The van der Waals surface area contributed by atoms with Gasteiger partial charge in [0.05, 0.1) is 29.0 Å². The second-order valence-electron chi connectivity index (χ2n) is 11.7. The maximum absolute atomic E-state index is 13.6. The molecule has 12 heteroatoms. The predicted molar refractivity (Wildman–Crippen MR) is 150 cm³/mol. The van der Waals surface area contributed by atoms with Crippen molar-refractivity contribution in [1.82, 2.24) is 26.2 Å². The molecule has 4 saturated heterocycles. The van der Waals surface area contributed by atoms with E-state index in [1.165, 1.54) is 0 Å². The van der Waals surface area contributed by atoms with Gasteiger partial charge in [0.2, 0.25) is 11.8 Å². The molecule has 9 nitrogen and oxygen atoms in total. The lowest BCUT2D eigenvalue weighted by Crippen LogP contribution is -2.57. The molecule has 1 saturated carbocycles. The van der Waals surface area contributed by atoms with E-state index < -0.39 is 0 Å². The van der Waals surface area contributed by atoms with Crippen LogP contribution >= 0.6 is 35.0 Å². The van der Waals surface area contributed by atoms with Gasteiger partial charge in [-0.05, 0) is 50.9 Å². The largest absolute Gasteiger partial charge is 0.380 e. The minimum Gasteiger partial charge on any atom is -0.380 e. The van der Waals surface area contributed by atoms with Crippen molar-refractivity contribution in [3.8, 4) is 0 Å². The Labute approximate surface area is 240 Å². The quantitative estimate of drug-likeness (QED) is 0.272. The van der Waals surface area contributed by atoms with Crippen LogP contribution in [0.25, 0.3) is 0 Å². The number of hydrogen-bond acceptors (Lipinski definition) is 8. The first-order valence-electron chi connectivity index (χ1n) is 14.1. The Balaban J connectivity index is 1.15. The van der Waals surface area contributed by atoms with Gasteiger partial charge in [0.25, 0.3) is 0 Å². The van der Waals surface area contributed by atoms with Crippen LogP contribution in [-0.4, -0.2) is 103 Å². The predicted octanol–water partition coefficient (Wildman–Crippen LogP) is 1.53. The summed E-state index contributed by atoms with van der Waals surface area (Å²) in [6.45, 7) is 4.93. The third-order valence-corrected chi connectivity index (χ3v) is 11.6. The molecule has 5 aliphatic rings. The average molecular weight is 593 g/mol. The summed E-state index contributed by atoms with van der Waals surface area (Å²) in [6.07, 6.45) is 4.03. The van der Waals surface area contributed by atoms with Crippen LogP contribution in [0.15, 0.2) is 0 Å². The van der Waals surface area contributed by atoms with Gasteiger partial charge in [0.1, 0.15) is 5.50 Å². The van der Waals surface area contributed by atoms with Gasteiger partial charge in [-0.3, -0.25) is 20.2 Å². The highest BCUT2D eigenvalue weighted by Gasteiger charge is 2.47. The number of halogens is 2. The zero-order valence-electron chi connectivity index (χ0n) is 22.5. The van der Waals surface area contributed by atoms with Gasteiger partial charge in [-0.2, -0.15) is 0 Å². The van der Waals surface area contributed by atoms with Crippen LogP contribution in [0, 0.1) is 23.7 Å². The highest BCUT2D eigenvalue weighted by molar-refractivity contribution is 8.00. The molecule has 0 aromatic heterocycles. The number of methoxy groups -OCH3 is 2. The Bertz CT molecular complexity index is 846. The lowest BCUT2D eigenvalue weighted by molar-refractivity contribution is -0.137. The van der Waals surface area contributed by atoms with Gasteiger partial charge < -0.3 is 25.0 Å². The molecule has 0 spiro atoms. The average Bonchev–Trinajstić information content (AvgIpc) is 3.47.